The second kappa shape index (κ2) is 13.5. The van der Waals surface area contributed by atoms with Gasteiger partial charge in [0.15, 0.2) is 12.2 Å². The summed E-state index contributed by atoms with van der Waals surface area (Å²) < 4.78 is 11.8. The maximum atomic E-state index is 12.9. The summed E-state index contributed by atoms with van der Waals surface area (Å²) >= 11 is 0. The first-order chi connectivity index (χ1) is 19.4. The van der Waals surface area contributed by atoms with Gasteiger partial charge in [-0.05, 0) is 97.5 Å². The van der Waals surface area contributed by atoms with E-state index in [-0.39, 0.29) is 11.8 Å². The van der Waals surface area contributed by atoms with E-state index in [0.717, 1.165) is 33.6 Å². The Kier molecular flexibility index (Phi) is 9.57. The highest BCUT2D eigenvalue weighted by Crippen LogP contribution is 2.29. The van der Waals surface area contributed by atoms with E-state index in [4.69, 9.17) is 9.47 Å². The molecule has 0 fully saturated rings. The van der Waals surface area contributed by atoms with Crippen LogP contribution in [0.4, 0.5) is 11.4 Å². The van der Waals surface area contributed by atoms with E-state index in [0.29, 0.717) is 24.3 Å². The van der Waals surface area contributed by atoms with Crippen molar-refractivity contribution in [3.05, 3.63) is 108 Å². The largest absolute Gasteiger partial charge is 0.481 e. The fourth-order valence-electron chi connectivity index (χ4n) is 4.36. The molecule has 0 aliphatic heterocycles. The van der Waals surface area contributed by atoms with Crippen molar-refractivity contribution in [2.45, 2.75) is 52.7 Å². The summed E-state index contributed by atoms with van der Waals surface area (Å²) in [7, 11) is 0. The molecule has 0 aliphatic carbocycles. The molecular formula is C34H36N2O4. The Balaban J connectivity index is 1.41. The quantitative estimate of drug-likeness (QED) is 0.207. The van der Waals surface area contributed by atoms with Gasteiger partial charge in [0.05, 0.1) is 0 Å². The van der Waals surface area contributed by atoms with Gasteiger partial charge in [0.1, 0.15) is 11.5 Å². The van der Waals surface area contributed by atoms with Crippen molar-refractivity contribution in [2.75, 3.05) is 10.6 Å². The van der Waals surface area contributed by atoms with E-state index >= 15 is 0 Å². The Hall–Kier alpha value is -4.58. The molecule has 0 radical (unpaired) electrons. The summed E-state index contributed by atoms with van der Waals surface area (Å²) in [6.07, 6.45) is -0.0657. The lowest BCUT2D eigenvalue weighted by Gasteiger charge is -2.19. The van der Waals surface area contributed by atoms with Crippen molar-refractivity contribution in [2.24, 2.45) is 0 Å². The van der Waals surface area contributed by atoms with Gasteiger partial charge in [0, 0.05) is 11.4 Å². The predicted octanol–water partition coefficient (Wildman–Crippen LogP) is 7.56. The third kappa shape index (κ3) is 7.29. The minimum absolute atomic E-state index is 0.181. The number of rotatable bonds is 11. The molecule has 6 nitrogen and oxygen atoms in total. The van der Waals surface area contributed by atoms with Crippen LogP contribution in [0.2, 0.25) is 0 Å². The molecule has 4 rings (SSSR count). The Bertz CT molecular complexity index is 1330. The van der Waals surface area contributed by atoms with Gasteiger partial charge < -0.3 is 20.1 Å². The maximum Gasteiger partial charge on any atom is 0.265 e. The van der Waals surface area contributed by atoms with Gasteiger partial charge in [-0.15, -0.1) is 0 Å². The summed E-state index contributed by atoms with van der Waals surface area (Å²) in [6.45, 7) is 7.79. The monoisotopic (exact) mass is 536 g/mol. The van der Waals surface area contributed by atoms with Crippen molar-refractivity contribution in [1.82, 2.24) is 0 Å². The molecule has 6 heteroatoms. The zero-order valence-corrected chi connectivity index (χ0v) is 23.4. The third-order valence-electron chi connectivity index (χ3n) is 6.67. The normalized spacial score (nSPS) is 12.2. The number of para-hydroxylation sites is 2. The number of nitrogens with one attached hydrogen (secondary N) is 2. The summed E-state index contributed by atoms with van der Waals surface area (Å²) in [4.78, 5) is 25.8. The standard InChI is InChI=1S/C34H36N2O4/c1-5-31(39-27-13-9-7-10-14-27)33(37)35-29-19-17-25(21-23(29)3)26-18-20-30(24(4)22-26)36-34(38)32(6-2)40-28-15-11-8-12-16-28/h7-22,31-32H,5-6H2,1-4H3,(H,35,37)(H,36,38). The van der Waals surface area contributed by atoms with Crippen molar-refractivity contribution >= 4 is 23.2 Å². The zero-order chi connectivity index (χ0) is 28.5. The number of carbonyl (C=O) groups excluding carboxylic acids is 2. The summed E-state index contributed by atoms with van der Waals surface area (Å²) in [5.41, 5.74) is 5.41. The molecule has 0 aliphatic rings. The molecule has 4 aromatic rings. The van der Waals surface area contributed by atoms with Gasteiger partial charge in [-0.25, -0.2) is 0 Å². The van der Waals surface area contributed by atoms with Crippen molar-refractivity contribution in [1.29, 1.82) is 0 Å². The highest BCUT2D eigenvalue weighted by atomic mass is 16.5. The molecule has 206 valence electrons. The number of hydrogen-bond donors (Lipinski definition) is 2. The van der Waals surface area contributed by atoms with E-state index in [2.05, 4.69) is 10.6 Å². The van der Waals surface area contributed by atoms with Crippen LogP contribution < -0.4 is 20.1 Å². The lowest BCUT2D eigenvalue weighted by Crippen LogP contribution is -2.32. The first-order valence-electron chi connectivity index (χ1n) is 13.6. The molecule has 0 bridgehead atoms. The van der Waals surface area contributed by atoms with Crippen molar-refractivity contribution in [3.8, 4) is 22.6 Å². The molecule has 0 saturated heterocycles. The van der Waals surface area contributed by atoms with E-state index in [1.807, 2.05) is 125 Å². The topological polar surface area (TPSA) is 76.7 Å². The number of anilines is 2. The van der Waals surface area contributed by atoms with Crippen LogP contribution in [-0.4, -0.2) is 24.0 Å². The van der Waals surface area contributed by atoms with E-state index < -0.39 is 12.2 Å². The summed E-state index contributed by atoms with van der Waals surface area (Å²) in [5, 5.41) is 6.02. The third-order valence-corrected chi connectivity index (χ3v) is 6.67. The van der Waals surface area contributed by atoms with Gasteiger partial charge in [0.25, 0.3) is 11.8 Å². The average molecular weight is 537 g/mol. The van der Waals surface area contributed by atoms with Crippen LogP contribution in [0.3, 0.4) is 0 Å². The molecule has 2 amide bonds. The lowest BCUT2D eigenvalue weighted by atomic mass is 9.99. The molecule has 2 atom stereocenters. The molecular weight excluding hydrogens is 500 g/mol. The number of carbonyl (C=O) groups is 2. The average Bonchev–Trinajstić information content (AvgIpc) is 2.97. The number of ether oxygens (including phenoxy) is 2. The Labute approximate surface area is 236 Å². The number of benzene rings is 4. The Morgan fingerprint density at radius 2 is 0.975 bits per heavy atom. The van der Waals surface area contributed by atoms with Crippen molar-refractivity contribution in [3.63, 3.8) is 0 Å². The van der Waals surface area contributed by atoms with Crippen LogP contribution in [-0.2, 0) is 9.59 Å². The highest BCUT2D eigenvalue weighted by Gasteiger charge is 2.21. The van der Waals surface area contributed by atoms with Gasteiger partial charge in [-0.3, -0.25) is 9.59 Å². The highest BCUT2D eigenvalue weighted by molar-refractivity contribution is 5.96. The number of aryl methyl sites for hydroxylation is 2. The molecule has 2 N–H and O–H groups in total. The molecule has 2 unspecified atom stereocenters. The Morgan fingerprint density at radius 3 is 1.30 bits per heavy atom. The minimum atomic E-state index is -0.586. The van der Waals surface area contributed by atoms with E-state index in [9.17, 15) is 9.59 Å². The maximum absolute atomic E-state index is 12.9. The van der Waals surface area contributed by atoms with E-state index in [1.54, 1.807) is 0 Å². The van der Waals surface area contributed by atoms with Gasteiger partial charge in [0.2, 0.25) is 0 Å². The minimum Gasteiger partial charge on any atom is -0.481 e. The van der Waals surface area contributed by atoms with Gasteiger partial charge >= 0.3 is 0 Å². The van der Waals surface area contributed by atoms with Crippen LogP contribution in [0, 0.1) is 13.8 Å². The van der Waals surface area contributed by atoms with Gasteiger partial charge in [-0.1, -0.05) is 62.4 Å². The van der Waals surface area contributed by atoms with E-state index in [1.165, 1.54) is 0 Å². The fourth-order valence-corrected chi connectivity index (χ4v) is 4.36. The van der Waals surface area contributed by atoms with Crippen LogP contribution in [0.15, 0.2) is 97.1 Å². The fraction of sp³-hybridized carbons (Fsp3) is 0.235. The first-order valence-corrected chi connectivity index (χ1v) is 13.6. The summed E-state index contributed by atoms with van der Waals surface area (Å²) in [5.74, 6) is 0.973. The molecule has 0 spiro atoms. The number of amides is 2. The van der Waals surface area contributed by atoms with Crippen LogP contribution in [0.1, 0.15) is 37.8 Å². The first kappa shape index (κ1) is 28.4. The second-order valence-corrected chi connectivity index (χ2v) is 9.69. The zero-order valence-electron chi connectivity index (χ0n) is 23.4. The second-order valence-electron chi connectivity index (χ2n) is 9.69. The molecule has 0 heterocycles. The SMILES string of the molecule is CCC(Oc1ccccc1)C(=O)Nc1ccc(-c2ccc(NC(=O)C(CC)Oc3ccccc3)c(C)c2)cc1C. The molecule has 40 heavy (non-hydrogen) atoms. The lowest BCUT2D eigenvalue weighted by molar-refractivity contribution is -0.123. The van der Waals surface area contributed by atoms with Crippen LogP contribution in [0.5, 0.6) is 11.5 Å². The number of hydrogen-bond acceptors (Lipinski definition) is 4. The molecule has 0 saturated carbocycles. The molecule has 4 aromatic carbocycles. The smallest absolute Gasteiger partial charge is 0.265 e. The predicted molar refractivity (Wildman–Crippen MR) is 161 cm³/mol. The molecule has 0 aromatic heterocycles. The summed E-state index contributed by atoms with van der Waals surface area (Å²) in [6, 6.07) is 30.6. The Morgan fingerprint density at radius 1 is 0.600 bits per heavy atom. The van der Waals surface area contributed by atoms with Crippen LogP contribution >= 0.6 is 0 Å². The van der Waals surface area contributed by atoms with Gasteiger partial charge in [-0.2, -0.15) is 0 Å². The van der Waals surface area contributed by atoms with Crippen LogP contribution in [0.25, 0.3) is 11.1 Å². The van der Waals surface area contributed by atoms with Crippen molar-refractivity contribution < 1.29 is 19.1 Å².